The summed E-state index contributed by atoms with van der Waals surface area (Å²) in [6.45, 7) is -1.00. The van der Waals surface area contributed by atoms with E-state index in [4.69, 9.17) is 44.6 Å². The van der Waals surface area contributed by atoms with Crippen LogP contribution < -0.4 is 0 Å². The lowest BCUT2D eigenvalue weighted by molar-refractivity contribution is -0.0466. The number of carbonyl (C=O) groups excluding carboxylic acids is 1. The summed E-state index contributed by atoms with van der Waals surface area (Å²) in [4.78, 5) is 13.6. The maximum Gasteiger partial charge on any atom is 0.348 e. The maximum absolute atomic E-state index is 12.2. The quantitative estimate of drug-likeness (QED) is 0.223. The Morgan fingerprint density at radius 3 is 2.46 bits per heavy atom. The Morgan fingerprint density at radius 1 is 1.06 bits per heavy atom. The molecule has 4 N–H and O–H groups in total. The molecular weight excluding hydrogens is 535 g/mol. The van der Waals surface area contributed by atoms with Gasteiger partial charge in [0.2, 0.25) is 0 Å². The molecular formula is C25H31Cl3O6S. The van der Waals surface area contributed by atoms with Crippen molar-refractivity contribution >= 4 is 52.1 Å². The molecule has 0 aliphatic heterocycles. The molecule has 0 amide bonds. The molecule has 6 atom stereocenters. The fourth-order valence-electron chi connectivity index (χ4n) is 4.62. The summed E-state index contributed by atoms with van der Waals surface area (Å²) in [6, 6.07) is 9.06. The molecule has 3 rings (SSSR count). The summed E-state index contributed by atoms with van der Waals surface area (Å²) in [5.74, 6) is -0.277. The Kier molecular flexibility index (Phi) is 11.1. The molecule has 1 aromatic carbocycles. The number of hydrogen-bond acceptors (Lipinski definition) is 7. The summed E-state index contributed by atoms with van der Waals surface area (Å²) in [6.07, 6.45) is 1.55. The molecule has 1 aliphatic rings. The highest BCUT2D eigenvalue weighted by Gasteiger charge is 2.40. The first-order valence-electron chi connectivity index (χ1n) is 11.7. The molecule has 194 valence electrons. The number of aliphatic hydroxyl groups excluding tert-OH is 4. The molecule has 0 spiro atoms. The number of thiophene rings is 1. The van der Waals surface area contributed by atoms with Crippen LogP contribution in [-0.2, 0) is 17.6 Å². The minimum Gasteiger partial charge on any atom is -0.459 e. The third kappa shape index (κ3) is 8.30. The Balaban J connectivity index is 1.48. The van der Waals surface area contributed by atoms with Crippen molar-refractivity contribution in [2.75, 3.05) is 13.2 Å². The van der Waals surface area contributed by atoms with Gasteiger partial charge in [0.25, 0.3) is 0 Å². The van der Waals surface area contributed by atoms with E-state index < -0.39 is 37.5 Å². The highest BCUT2D eigenvalue weighted by molar-refractivity contribution is 7.13. The molecule has 1 saturated carbocycles. The van der Waals surface area contributed by atoms with Gasteiger partial charge in [0.15, 0.2) is 0 Å². The smallest absolute Gasteiger partial charge is 0.348 e. The SMILES string of the molecule is O=C(OC[C@@H](O)[C@H](O)CO)c1ccc(CCC[C@@H]2[C@@H](CCc3cc(Cl)cc(Cl)c3)[C@H](O)C[C@@H]2Cl)s1. The first-order valence-corrected chi connectivity index (χ1v) is 13.7. The number of aryl methyl sites for hydroxylation is 2. The summed E-state index contributed by atoms with van der Waals surface area (Å²) in [5.41, 5.74) is 1.04. The van der Waals surface area contributed by atoms with Crippen LogP contribution in [0.2, 0.25) is 10.0 Å². The Morgan fingerprint density at radius 2 is 1.77 bits per heavy atom. The van der Waals surface area contributed by atoms with Gasteiger partial charge in [-0.25, -0.2) is 4.79 Å². The van der Waals surface area contributed by atoms with E-state index in [2.05, 4.69) is 0 Å². The first-order chi connectivity index (χ1) is 16.7. The predicted molar refractivity (Wildman–Crippen MR) is 139 cm³/mol. The first kappa shape index (κ1) is 28.7. The number of ether oxygens (including phenoxy) is 1. The number of benzene rings is 1. The molecule has 1 aromatic heterocycles. The van der Waals surface area contributed by atoms with E-state index >= 15 is 0 Å². The van der Waals surface area contributed by atoms with Gasteiger partial charge < -0.3 is 25.2 Å². The van der Waals surface area contributed by atoms with Crippen LogP contribution in [0.25, 0.3) is 0 Å². The number of halogens is 3. The molecule has 2 aromatic rings. The molecule has 0 unspecified atom stereocenters. The molecule has 1 heterocycles. The van der Waals surface area contributed by atoms with Gasteiger partial charge in [-0.1, -0.05) is 23.2 Å². The van der Waals surface area contributed by atoms with E-state index in [9.17, 15) is 20.1 Å². The van der Waals surface area contributed by atoms with Crippen LogP contribution in [-0.4, -0.2) is 63.3 Å². The molecule has 0 radical (unpaired) electrons. The fraction of sp³-hybridized carbons (Fsp3) is 0.560. The van der Waals surface area contributed by atoms with Crippen LogP contribution >= 0.6 is 46.1 Å². The highest BCUT2D eigenvalue weighted by Crippen LogP contribution is 2.42. The number of hydrogen-bond donors (Lipinski definition) is 4. The maximum atomic E-state index is 12.2. The second kappa shape index (κ2) is 13.6. The Bertz CT molecular complexity index is 950. The van der Waals surface area contributed by atoms with Gasteiger partial charge in [-0.3, -0.25) is 0 Å². The minimum absolute atomic E-state index is 0.0764. The van der Waals surface area contributed by atoms with Crippen molar-refractivity contribution in [3.63, 3.8) is 0 Å². The zero-order valence-corrected chi connectivity index (χ0v) is 22.2. The lowest BCUT2D eigenvalue weighted by atomic mass is 9.85. The van der Waals surface area contributed by atoms with Gasteiger partial charge >= 0.3 is 5.97 Å². The van der Waals surface area contributed by atoms with E-state index in [1.165, 1.54) is 11.3 Å². The number of alkyl halides is 1. The molecule has 10 heteroatoms. The third-order valence-electron chi connectivity index (χ3n) is 6.50. The zero-order chi connectivity index (χ0) is 25.5. The van der Waals surface area contributed by atoms with Crippen molar-refractivity contribution in [3.8, 4) is 0 Å². The normalized spacial score (nSPS) is 23.9. The minimum atomic E-state index is -1.35. The average molecular weight is 566 g/mol. The second-order valence-corrected chi connectivity index (χ2v) is 11.6. The van der Waals surface area contributed by atoms with Crippen LogP contribution in [0.4, 0.5) is 0 Å². The summed E-state index contributed by atoms with van der Waals surface area (Å²) >= 11 is 20.2. The molecule has 0 bridgehead atoms. The van der Waals surface area contributed by atoms with Crippen molar-refractivity contribution in [1.29, 1.82) is 0 Å². The summed E-state index contributed by atoms with van der Waals surface area (Å²) in [5, 5.41) is 39.5. The van der Waals surface area contributed by atoms with Gasteiger partial charge in [-0.15, -0.1) is 22.9 Å². The van der Waals surface area contributed by atoms with Gasteiger partial charge in [-0.05, 0) is 86.3 Å². The largest absolute Gasteiger partial charge is 0.459 e. The van der Waals surface area contributed by atoms with Crippen molar-refractivity contribution in [2.45, 2.75) is 62.2 Å². The number of carbonyl (C=O) groups is 1. The number of aliphatic hydroxyl groups is 4. The van der Waals surface area contributed by atoms with Crippen LogP contribution in [0.15, 0.2) is 30.3 Å². The third-order valence-corrected chi connectivity index (χ3v) is 8.57. The van der Waals surface area contributed by atoms with E-state index in [1.54, 1.807) is 12.1 Å². The lowest BCUT2D eigenvalue weighted by Gasteiger charge is -2.23. The van der Waals surface area contributed by atoms with E-state index in [0.717, 1.165) is 42.5 Å². The Hall–Kier alpha value is -0.900. The van der Waals surface area contributed by atoms with Crippen LogP contribution in [0.5, 0.6) is 0 Å². The lowest BCUT2D eigenvalue weighted by Crippen LogP contribution is -2.34. The highest BCUT2D eigenvalue weighted by atomic mass is 35.5. The van der Waals surface area contributed by atoms with Gasteiger partial charge in [-0.2, -0.15) is 0 Å². The standard InChI is InChI=1S/C25H31Cl3O6S/c26-15-8-14(9-16(27)10-15)4-6-19-18(20(28)11-21(19)30)3-1-2-17-5-7-24(35-17)25(33)34-13-23(32)22(31)12-29/h5,7-10,18-23,29-32H,1-4,6,11-13H2/t18-,19-,20+,21-,22-,23-/m1/s1. The number of rotatable bonds is 12. The Labute approximate surface area is 224 Å². The predicted octanol–water partition coefficient (Wildman–Crippen LogP) is 4.49. The zero-order valence-electron chi connectivity index (χ0n) is 19.2. The van der Waals surface area contributed by atoms with Crippen LogP contribution in [0.3, 0.4) is 0 Å². The average Bonchev–Trinajstić information content (AvgIpc) is 3.38. The molecule has 35 heavy (non-hydrogen) atoms. The van der Waals surface area contributed by atoms with E-state index in [-0.39, 0.29) is 17.2 Å². The number of esters is 1. The summed E-state index contributed by atoms with van der Waals surface area (Å²) < 4.78 is 5.02. The topological polar surface area (TPSA) is 107 Å². The molecule has 1 aliphatic carbocycles. The molecule has 0 saturated heterocycles. The monoisotopic (exact) mass is 564 g/mol. The van der Waals surface area contributed by atoms with Gasteiger partial charge in [0.05, 0.1) is 12.7 Å². The van der Waals surface area contributed by atoms with E-state index in [1.807, 2.05) is 18.2 Å². The second-order valence-electron chi connectivity index (χ2n) is 9.04. The summed E-state index contributed by atoms with van der Waals surface area (Å²) in [7, 11) is 0. The van der Waals surface area contributed by atoms with Crippen LogP contribution in [0, 0.1) is 11.8 Å². The van der Waals surface area contributed by atoms with Crippen molar-refractivity contribution in [1.82, 2.24) is 0 Å². The van der Waals surface area contributed by atoms with Crippen molar-refractivity contribution in [3.05, 3.63) is 55.7 Å². The van der Waals surface area contributed by atoms with Crippen LogP contribution in [0.1, 0.15) is 45.8 Å². The molecule has 6 nitrogen and oxygen atoms in total. The fourth-order valence-corrected chi connectivity index (χ4v) is 6.63. The van der Waals surface area contributed by atoms with Gasteiger partial charge in [0, 0.05) is 20.3 Å². The van der Waals surface area contributed by atoms with Crippen molar-refractivity contribution < 1.29 is 30.0 Å². The molecule has 1 fully saturated rings. The van der Waals surface area contributed by atoms with E-state index in [0.29, 0.717) is 21.3 Å². The van der Waals surface area contributed by atoms with Gasteiger partial charge in [0.1, 0.15) is 23.7 Å². The van der Waals surface area contributed by atoms with Crippen molar-refractivity contribution in [2.24, 2.45) is 11.8 Å².